The predicted molar refractivity (Wildman–Crippen MR) is 167 cm³/mol. The Morgan fingerprint density at radius 3 is 2.43 bits per heavy atom. The van der Waals surface area contributed by atoms with Crippen LogP contribution in [-0.4, -0.2) is 86.4 Å². The summed E-state index contributed by atoms with van der Waals surface area (Å²) in [6.07, 6.45) is 1.53. The van der Waals surface area contributed by atoms with E-state index in [1.165, 1.54) is 17.0 Å². The molecule has 7 rings (SSSR count). The van der Waals surface area contributed by atoms with Crippen LogP contribution in [0, 0.1) is 5.82 Å². The van der Waals surface area contributed by atoms with Crippen molar-refractivity contribution in [3.05, 3.63) is 75.0 Å². The lowest BCUT2D eigenvalue weighted by Gasteiger charge is -2.37. The van der Waals surface area contributed by atoms with E-state index in [9.17, 15) is 14.7 Å². The number of carbonyl (C=O) groups excluding carboxylic acids is 1. The Morgan fingerprint density at radius 1 is 0.978 bits per heavy atom. The van der Waals surface area contributed by atoms with Gasteiger partial charge in [-0.25, -0.2) is 9.18 Å². The van der Waals surface area contributed by atoms with Gasteiger partial charge >= 0.3 is 5.97 Å². The van der Waals surface area contributed by atoms with E-state index in [0.29, 0.717) is 61.3 Å². The van der Waals surface area contributed by atoms with Gasteiger partial charge in [0.15, 0.2) is 6.73 Å². The van der Waals surface area contributed by atoms with Crippen LogP contribution >= 0.6 is 23.2 Å². The number of carboxylic acids is 1. The van der Waals surface area contributed by atoms with Crippen molar-refractivity contribution in [1.29, 1.82) is 0 Å². The Labute approximate surface area is 274 Å². The Hall–Kier alpha value is -3.61. The molecular formula is C33H31Cl2FN2O8. The number of amides is 1. The first kappa shape index (κ1) is 31.0. The van der Waals surface area contributed by atoms with Gasteiger partial charge in [-0.1, -0.05) is 41.4 Å². The fraction of sp³-hybridized carbons (Fsp3) is 0.394. The van der Waals surface area contributed by atoms with Crippen molar-refractivity contribution in [2.75, 3.05) is 51.3 Å². The SMILES string of the molecule is O=C(O)c1cc(F)c(-c2cccc3c2OCN(C(=O)c2c(Cl)cc(OCC4COCCO4)cc2Cl)C3)cc1N1C2CCC1COC2. The number of rotatable bonds is 7. The van der Waals surface area contributed by atoms with Gasteiger partial charge in [-0.15, -0.1) is 0 Å². The van der Waals surface area contributed by atoms with Crippen molar-refractivity contribution < 1.29 is 42.8 Å². The summed E-state index contributed by atoms with van der Waals surface area (Å²) in [4.78, 5) is 29.3. The van der Waals surface area contributed by atoms with Crippen LogP contribution < -0.4 is 14.4 Å². The molecule has 0 radical (unpaired) electrons. The standard InChI is InChI=1S/C33H31Cl2FN2O8/c34-26-8-21(45-16-22-15-42-6-7-44-22)9-27(35)30(26)32(39)37-12-18-2-1-3-23(31(18)46-17-37)24-11-29(25(33(40)41)10-28(24)36)38-19-4-5-20(38)14-43-13-19/h1-3,8-11,19-20,22H,4-7,12-17H2,(H,40,41). The highest BCUT2D eigenvalue weighted by atomic mass is 35.5. The van der Waals surface area contributed by atoms with Crippen molar-refractivity contribution >= 4 is 40.8 Å². The lowest BCUT2D eigenvalue weighted by Crippen LogP contribution is -2.46. The van der Waals surface area contributed by atoms with Crippen LogP contribution in [0.2, 0.25) is 10.0 Å². The highest BCUT2D eigenvalue weighted by Crippen LogP contribution is 2.43. The molecule has 4 heterocycles. The molecule has 3 saturated heterocycles. The topological polar surface area (TPSA) is 107 Å². The molecule has 1 amide bonds. The first-order valence-corrected chi connectivity index (χ1v) is 15.8. The van der Waals surface area contributed by atoms with Gasteiger partial charge in [0.1, 0.15) is 30.0 Å². The van der Waals surface area contributed by atoms with Crippen molar-refractivity contribution in [1.82, 2.24) is 4.90 Å². The number of ether oxygens (including phenoxy) is 5. The van der Waals surface area contributed by atoms with Crippen LogP contribution in [0.3, 0.4) is 0 Å². The number of morpholine rings is 1. The van der Waals surface area contributed by atoms with Crippen LogP contribution in [0.5, 0.6) is 11.5 Å². The molecular weight excluding hydrogens is 642 g/mol. The van der Waals surface area contributed by atoms with Crippen LogP contribution in [0.25, 0.3) is 11.1 Å². The molecule has 3 atom stereocenters. The maximum atomic E-state index is 15.7. The number of benzene rings is 3. The molecule has 2 bridgehead atoms. The van der Waals surface area contributed by atoms with Crippen LogP contribution in [0.1, 0.15) is 39.1 Å². The van der Waals surface area contributed by atoms with Crippen LogP contribution in [-0.2, 0) is 20.8 Å². The number of fused-ring (bicyclic) bond motifs is 3. The van der Waals surface area contributed by atoms with E-state index in [2.05, 4.69) is 4.90 Å². The molecule has 46 heavy (non-hydrogen) atoms. The molecule has 4 aliphatic heterocycles. The molecule has 3 aromatic rings. The first-order chi connectivity index (χ1) is 22.3. The van der Waals surface area contributed by atoms with Gasteiger partial charge in [0, 0.05) is 16.7 Å². The normalized spacial score (nSPS) is 22.3. The maximum absolute atomic E-state index is 15.7. The first-order valence-electron chi connectivity index (χ1n) is 15.1. The van der Waals surface area contributed by atoms with Crippen molar-refractivity contribution in [3.8, 4) is 22.6 Å². The summed E-state index contributed by atoms with van der Waals surface area (Å²) in [6.45, 7) is 2.71. The van der Waals surface area contributed by atoms with Gasteiger partial charge in [-0.2, -0.15) is 0 Å². The molecule has 3 fully saturated rings. The van der Waals surface area contributed by atoms with Gasteiger partial charge in [-0.05, 0) is 37.1 Å². The van der Waals surface area contributed by atoms with E-state index >= 15 is 4.39 Å². The molecule has 242 valence electrons. The lowest BCUT2D eigenvalue weighted by molar-refractivity contribution is -0.101. The van der Waals surface area contributed by atoms with E-state index in [0.717, 1.165) is 18.9 Å². The molecule has 4 aliphatic rings. The van der Waals surface area contributed by atoms with E-state index in [1.54, 1.807) is 24.3 Å². The van der Waals surface area contributed by atoms with Gasteiger partial charge in [0.25, 0.3) is 5.91 Å². The number of hydrogen-bond donors (Lipinski definition) is 1. The molecule has 3 unspecified atom stereocenters. The lowest BCUT2D eigenvalue weighted by atomic mass is 9.96. The molecule has 3 aromatic carbocycles. The third-order valence-electron chi connectivity index (χ3n) is 8.78. The van der Waals surface area contributed by atoms with Crippen LogP contribution in [0.15, 0.2) is 42.5 Å². The number of carboxylic acid groups (broad SMARTS) is 1. The number of aromatic carboxylic acids is 1. The van der Waals surface area contributed by atoms with Crippen molar-refractivity contribution in [2.45, 2.75) is 37.6 Å². The number of nitrogens with zero attached hydrogens (tertiary/aromatic N) is 2. The minimum Gasteiger partial charge on any atom is -0.491 e. The molecule has 0 saturated carbocycles. The highest BCUT2D eigenvalue weighted by molar-refractivity contribution is 6.39. The second-order valence-corrected chi connectivity index (χ2v) is 12.5. The second kappa shape index (κ2) is 12.9. The Balaban J connectivity index is 1.14. The van der Waals surface area contributed by atoms with Crippen molar-refractivity contribution in [2.24, 2.45) is 0 Å². The smallest absolute Gasteiger partial charge is 0.337 e. The summed E-state index contributed by atoms with van der Waals surface area (Å²) in [6, 6.07) is 11.1. The Morgan fingerprint density at radius 2 is 1.74 bits per heavy atom. The number of carbonyl (C=O) groups is 2. The van der Waals surface area contributed by atoms with Gasteiger partial charge in [-0.3, -0.25) is 4.79 Å². The molecule has 10 nitrogen and oxygen atoms in total. The summed E-state index contributed by atoms with van der Waals surface area (Å²) >= 11 is 13.1. The number of anilines is 1. The van der Waals surface area contributed by atoms with Crippen LogP contribution in [0.4, 0.5) is 10.1 Å². The van der Waals surface area contributed by atoms with E-state index in [1.807, 2.05) is 0 Å². The molecule has 0 aliphatic carbocycles. The van der Waals surface area contributed by atoms with Gasteiger partial charge in [0.05, 0.1) is 78.5 Å². The maximum Gasteiger partial charge on any atom is 0.337 e. The van der Waals surface area contributed by atoms with E-state index in [4.69, 9.17) is 46.9 Å². The minimum atomic E-state index is -1.20. The fourth-order valence-electron chi connectivity index (χ4n) is 6.61. The van der Waals surface area contributed by atoms with Gasteiger partial charge < -0.3 is 38.6 Å². The Kier molecular flexibility index (Phi) is 8.69. The largest absolute Gasteiger partial charge is 0.491 e. The van der Waals surface area contributed by atoms with Gasteiger partial charge in [0.2, 0.25) is 0 Å². The summed E-state index contributed by atoms with van der Waals surface area (Å²) in [5.41, 5.74) is 1.80. The summed E-state index contributed by atoms with van der Waals surface area (Å²) in [7, 11) is 0. The Bertz CT molecular complexity index is 1640. The van der Waals surface area contributed by atoms with Crippen molar-refractivity contribution in [3.63, 3.8) is 0 Å². The number of hydrogen-bond acceptors (Lipinski definition) is 8. The highest BCUT2D eigenvalue weighted by Gasteiger charge is 2.40. The third-order valence-corrected chi connectivity index (χ3v) is 9.38. The average molecular weight is 674 g/mol. The minimum absolute atomic E-state index is 0.0236. The second-order valence-electron chi connectivity index (χ2n) is 11.7. The molecule has 0 aromatic heterocycles. The summed E-state index contributed by atoms with van der Waals surface area (Å²) in [5.74, 6) is -1.51. The van der Waals surface area contributed by atoms with E-state index < -0.39 is 17.7 Å². The molecule has 13 heteroatoms. The monoisotopic (exact) mass is 672 g/mol. The predicted octanol–water partition coefficient (Wildman–Crippen LogP) is 5.65. The fourth-order valence-corrected chi connectivity index (χ4v) is 7.24. The summed E-state index contributed by atoms with van der Waals surface area (Å²) in [5, 5.41) is 10.2. The molecule has 1 N–H and O–H groups in total. The number of para-hydroxylation sites is 1. The van der Waals surface area contributed by atoms with E-state index in [-0.39, 0.29) is 64.8 Å². The zero-order chi connectivity index (χ0) is 31.9. The zero-order valence-corrected chi connectivity index (χ0v) is 26.2. The average Bonchev–Trinajstić information content (AvgIpc) is 3.30. The number of halogens is 3. The molecule has 0 spiro atoms. The third kappa shape index (κ3) is 5.86. The quantitative estimate of drug-likeness (QED) is 0.341. The zero-order valence-electron chi connectivity index (χ0n) is 24.7. The summed E-state index contributed by atoms with van der Waals surface area (Å²) < 4.78 is 44.2.